The highest BCUT2D eigenvalue weighted by Crippen LogP contribution is 2.35. The van der Waals surface area contributed by atoms with Gasteiger partial charge in [0, 0.05) is 0 Å². The lowest BCUT2D eigenvalue weighted by atomic mass is 9.80. The van der Waals surface area contributed by atoms with Crippen molar-refractivity contribution >= 4 is 11.6 Å². The Morgan fingerprint density at radius 2 is 1.37 bits per heavy atom. The number of nitrogens with one attached hydrogen (secondary N) is 1. The molecule has 35 heavy (non-hydrogen) atoms. The van der Waals surface area contributed by atoms with E-state index in [9.17, 15) is 4.79 Å². The molecule has 0 heterocycles. The van der Waals surface area contributed by atoms with Gasteiger partial charge in [-0.15, -0.1) is 0 Å². The van der Waals surface area contributed by atoms with Gasteiger partial charge < -0.3 is 19.5 Å². The first-order valence-electron chi connectivity index (χ1n) is 12.0. The van der Waals surface area contributed by atoms with Crippen LogP contribution >= 0.6 is 0 Å². The molecular formula is C30H37NO4. The number of ether oxygens (including phenoxy) is 3. The first-order valence-corrected chi connectivity index (χ1v) is 12.0. The predicted molar refractivity (Wildman–Crippen MR) is 142 cm³/mol. The van der Waals surface area contributed by atoms with E-state index in [2.05, 4.69) is 59.0 Å². The molecule has 186 valence electrons. The number of amides is 1. The lowest BCUT2D eigenvalue weighted by Gasteiger charge is -2.27. The van der Waals surface area contributed by atoms with Crippen LogP contribution in [0.1, 0.15) is 52.7 Å². The van der Waals surface area contributed by atoms with Gasteiger partial charge in [0.2, 0.25) is 0 Å². The fourth-order valence-corrected chi connectivity index (χ4v) is 3.56. The lowest BCUT2D eigenvalue weighted by molar-refractivity contribution is -0.118. The third-order valence-electron chi connectivity index (χ3n) is 5.53. The molecule has 0 saturated heterocycles. The predicted octanol–water partition coefficient (Wildman–Crippen LogP) is 6.76. The fraction of sp³-hybridized carbons (Fsp3) is 0.367. The number of anilines is 1. The van der Waals surface area contributed by atoms with Gasteiger partial charge in [-0.2, -0.15) is 0 Å². The van der Waals surface area contributed by atoms with Gasteiger partial charge in [0.05, 0.1) is 5.69 Å². The van der Waals surface area contributed by atoms with E-state index >= 15 is 0 Å². The molecule has 1 amide bonds. The highest BCUT2D eigenvalue weighted by atomic mass is 16.5. The van der Waals surface area contributed by atoms with E-state index in [1.54, 1.807) is 0 Å². The van der Waals surface area contributed by atoms with Gasteiger partial charge in [-0.1, -0.05) is 84.0 Å². The van der Waals surface area contributed by atoms with Crippen LogP contribution in [0, 0.1) is 0 Å². The zero-order valence-corrected chi connectivity index (χ0v) is 21.7. The molecule has 0 aliphatic heterocycles. The normalized spacial score (nSPS) is 11.6. The van der Waals surface area contributed by atoms with Crippen LogP contribution in [-0.4, -0.2) is 25.7 Å². The topological polar surface area (TPSA) is 56.8 Å². The van der Waals surface area contributed by atoms with Gasteiger partial charge in [-0.25, -0.2) is 0 Å². The van der Waals surface area contributed by atoms with Crippen molar-refractivity contribution in [3.05, 3.63) is 83.9 Å². The Labute approximate surface area is 209 Å². The van der Waals surface area contributed by atoms with Crippen molar-refractivity contribution < 1.29 is 19.0 Å². The number of carbonyl (C=O) groups is 1. The first kappa shape index (κ1) is 26.1. The molecule has 0 fully saturated rings. The van der Waals surface area contributed by atoms with E-state index in [0.717, 1.165) is 17.1 Å². The van der Waals surface area contributed by atoms with Gasteiger partial charge in [-0.05, 0) is 52.3 Å². The van der Waals surface area contributed by atoms with Crippen molar-refractivity contribution in [2.24, 2.45) is 0 Å². The van der Waals surface area contributed by atoms with Gasteiger partial charge in [0.1, 0.15) is 30.5 Å². The second-order valence-electron chi connectivity index (χ2n) is 10.6. The third kappa shape index (κ3) is 7.78. The molecule has 0 saturated carbocycles. The minimum absolute atomic E-state index is 0.0335. The molecule has 0 aromatic heterocycles. The van der Waals surface area contributed by atoms with Crippen molar-refractivity contribution in [1.29, 1.82) is 0 Å². The summed E-state index contributed by atoms with van der Waals surface area (Å²) >= 11 is 0. The summed E-state index contributed by atoms with van der Waals surface area (Å²) in [6.45, 7) is 13.7. The molecule has 3 rings (SSSR count). The summed E-state index contributed by atoms with van der Waals surface area (Å²) in [5.74, 6) is 1.85. The Kier molecular flexibility index (Phi) is 8.44. The zero-order chi connectivity index (χ0) is 25.5. The van der Waals surface area contributed by atoms with Gasteiger partial charge in [0.15, 0.2) is 6.61 Å². The van der Waals surface area contributed by atoms with Crippen LogP contribution in [0.5, 0.6) is 17.2 Å². The van der Waals surface area contributed by atoms with Crippen LogP contribution in [0.2, 0.25) is 0 Å². The molecular weight excluding hydrogens is 438 g/mol. The molecule has 0 spiro atoms. The number of para-hydroxylation sites is 3. The lowest BCUT2D eigenvalue weighted by Crippen LogP contribution is -2.23. The van der Waals surface area contributed by atoms with Crippen molar-refractivity contribution in [3.63, 3.8) is 0 Å². The average molecular weight is 476 g/mol. The van der Waals surface area contributed by atoms with E-state index in [0.29, 0.717) is 24.7 Å². The molecule has 0 bridgehead atoms. The highest BCUT2D eigenvalue weighted by Gasteiger charge is 2.23. The molecule has 1 N–H and O–H groups in total. The van der Waals surface area contributed by atoms with Crippen molar-refractivity contribution in [1.82, 2.24) is 0 Å². The van der Waals surface area contributed by atoms with E-state index in [1.807, 2.05) is 60.7 Å². The van der Waals surface area contributed by atoms with Crippen molar-refractivity contribution in [2.45, 2.75) is 52.4 Å². The van der Waals surface area contributed by atoms with Crippen molar-refractivity contribution in [3.8, 4) is 17.2 Å². The Morgan fingerprint density at radius 1 is 0.714 bits per heavy atom. The summed E-state index contributed by atoms with van der Waals surface area (Å²) in [5, 5.41) is 2.90. The second kappa shape index (κ2) is 11.3. The molecule has 3 aromatic rings. The maximum absolute atomic E-state index is 12.7. The number of hydrogen-bond acceptors (Lipinski definition) is 4. The molecule has 5 heteroatoms. The van der Waals surface area contributed by atoms with E-state index in [4.69, 9.17) is 14.2 Å². The summed E-state index contributed by atoms with van der Waals surface area (Å²) in [6.07, 6.45) is 0. The molecule has 5 nitrogen and oxygen atoms in total. The van der Waals surface area contributed by atoms with E-state index in [-0.39, 0.29) is 23.3 Å². The van der Waals surface area contributed by atoms with Crippen LogP contribution in [0.3, 0.4) is 0 Å². The Hall–Kier alpha value is -3.47. The molecule has 0 atom stereocenters. The summed E-state index contributed by atoms with van der Waals surface area (Å²) in [7, 11) is 0. The van der Waals surface area contributed by atoms with Crippen LogP contribution in [0.25, 0.3) is 0 Å². The maximum Gasteiger partial charge on any atom is 0.262 e. The SMILES string of the molecule is CC(C)(C)c1ccc(OCC(=O)Nc2ccccc2OCCOc2ccccc2)c(C(C)(C)C)c1. The minimum atomic E-state index is -0.249. The number of rotatable bonds is 9. The monoisotopic (exact) mass is 475 g/mol. The molecule has 0 aliphatic rings. The second-order valence-corrected chi connectivity index (χ2v) is 10.6. The van der Waals surface area contributed by atoms with E-state index in [1.165, 1.54) is 5.56 Å². The quantitative estimate of drug-likeness (QED) is 0.348. The largest absolute Gasteiger partial charge is 0.490 e. The van der Waals surface area contributed by atoms with Crippen LogP contribution < -0.4 is 19.5 Å². The van der Waals surface area contributed by atoms with Gasteiger partial charge in [-0.3, -0.25) is 4.79 Å². The summed E-state index contributed by atoms with van der Waals surface area (Å²) < 4.78 is 17.5. The van der Waals surface area contributed by atoms with Crippen LogP contribution in [-0.2, 0) is 15.6 Å². The molecule has 0 aliphatic carbocycles. The summed E-state index contributed by atoms with van der Waals surface area (Å²) in [5.41, 5.74) is 2.84. The fourth-order valence-electron chi connectivity index (χ4n) is 3.56. The Morgan fingerprint density at radius 3 is 2.06 bits per heavy atom. The standard InChI is InChI=1S/C30H37NO4/c1-29(2,3)22-16-17-26(24(20-22)30(4,5)6)35-21-28(32)31-25-14-10-11-15-27(25)34-19-18-33-23-12-8-7-9-13-23/h7-17,20H,18-19,21H2,1-6H3,(H,31,32). The average Bonchev–Trinajstić information content (AvgIpc) is 2.81. The summed E-state index contributed by atoms with van der Waals surface area (Å²) in [4.78, 5) is 12.7. The Bertz CT molecular complexity index is 1110. The third-order valence-corrected chi connectivity index (χ3v) is 5.53. The molecule has 0 unspecified atom stereocenters. The highest BCUT2D eigenvalue weighted by molar-refractivity contribution is 5.93. The van der Waals surface area contributed by atoms with E-state index < -0.39 is 0 Å². The smallest absolute Gasteiger partial charge is 0.262 e. The number of carbonyl (C=O) groups excluding carboxylic acids is 1. The van der Waals surface area contributed by atoms with Crippen LogP contribution in [0.4, 0.5) is 5.69 Å². The maximum atomic E-state index is 12.7. The van der Waals surface area contributed by atoms with Gasteiger partial charge >= 0.3 is 0 Å². The Balaban J connectivity index is 1.59. The number of hydrogen-bond donors (Lipinski definition) is 1. The minimum Gasteiger partial charge on any atom is -0.490 e. The first-order chi connectivity index (χ1) is 16.5. The summed E-state index contributed by atoms with van der Waals surface area (Å²) in [6, 6.07) is 23.2. The molecule has 3 aromatic carbocycles. The number of benzene rings is 3. The van der Waals surface area contributed by atoms with Gasteiger partial charge in [0.25, 0.3) is 5.91 Å². The van der Waals surface area contributed by atoms with Crippen LogP contribution in [0.15, 0.2) is 72.8 Å². The zero-order valence-electron chi connectivity index (χ0n) is 21.7. The van der Waals surface area contributed by atoms with Crippen molar-refractivity contribution in [2.75, 3.05) is 25.1 Å². The molecule has 0 radical (unpaired) electrons.